The number of hydrogen-bond acceptors (Lipinski definition) is 1. The van der Waals surface area contributed by atoms with Crippen molar-refractivity contribution in [2.24, 2.45) is 5.41 Å². The Kier molecular flexibility index (Phi) is 5.01. The van der Waals surface area contributed by atoms with Crippen molar-refractivity contribution in [1.82, 2.24) is 5.32 Å². The molecule has 1 N–H and O–H groups in total. The number of benzene rings is 1. The van der Waals surface area contributed by atoms with Crippen LogP contribution in [0.2, 0.25) is 0 Å². The van der Waals surface area contributed by atoms with Gasteiger partial charge < -0.3 is 5.32 Å². The van der Waals surface area contributed by atoms with E-state index < -0.39 is 0 Å². The second kappa shape index (κ2) is 6.08. The van der Waals surface area contributed by atoms with Crippen LogP contribution in [-0.4, -0.2) is 0 Å². The fourth-order valence-electron chi connectivity index (χ4n) is 2.26. The summed E-state index contributed by atoms with van der Waals surface area (Å²) in [5.74, 6) is 0. The Labute approximate surface area is 112 Å². The topological polar surface area (TPSA) is 12.0 Å². The molecule has 0 aliphatic rings. The van der Waals surface area contributed by atoms with E-state index in [0.29, 0.717) is 0 Å². The van der Waals surface area contributed by atoms with Gasteiger partial charge in [0.15, 0.2) is 0 Å². The van der Waals surface area contributed by atoms with Gasteiger partial charge in [-0.1, -0.05) is 57.5 Å². The maximum absolute atomic E-state index is 4.20. The highest BCUT2D eigenvalue weighted by Crippen LogP contribution is 2.28. The molecule has 0 heterocycles. The lowest BCUT2D eigenvalue weighted by atomic mass is 9.85. The van der Waals surface area contributed by atoms with Crippen molar-refractivity contribution in [3.8, 4) is 0 Å². The molecule has 0 spiro atoms. The standard InChI is InChI=1S/C17H27N/c1-7-10-17(5,6)15(4)18-12-16-9-8-13(2)11-14(16)3/h8-9,11,18H,4,7,10,12H2,1-3,5-6H3. The van der Waals surface area contributed by atoms with Gasteiger partial charge in [0.05, 0.1) is 0 Å². The second-order valence-electron chi connectivity index (χ2n) is 5.90. The molecule has 100 valence electrons. The van der Waals surface area contributed by atoms with Crippen LogP contribution in [0, 0.1) is 19.3 Å². The van der Waals surface area contributed by atoms with Gasteiger partial charge in [0.1, 0.15) is 0 Å². The van der Waals surface area contributed by atoms with Gasteiger partial charge in [-0.2, -0.15) is 0 Å². The van der Waals surface area contributed by atoms with Crippen LogP contribution < -0.4 is 5.32 Å². The molecule has 1 heteroatoms. The average Bonchev–Trinajstić information content (AvgIpc) is 2.27. The van der Waals surface area contributed by atoms with Crippen LogP contribution in [-0.2, 0) is 6.54 Å². The molecule has 0 aliphatic carbocycles. The molecule has 0 aliphatic heterocycles. The number of allylic oxidation sites excluding steroid dienone is 1. The Morgan fingerprint density at radius 1 is 1.28 bits per heavy atom. The lowest BCUT2D eigenvalue weighted by Crippen LogP contribution is -2.25. The van der Waals surface area contributed by atoms with Gasteiger partial charge >= 0.3 is 0 Å². The van der Waals surface area contributed by atoms with Gasteiger partial charge in [-0.25, -0.2) is 0 Å². The second-order valence-corrected chi connectivity index (χ2v) is 5.90. The van der Waals surface area contributed by atoms with Crippen molar-refractivity contribution in [1.29, 1.82) is 0 Å². The third-order valence-corrected chi connectivity index (χ3v) is 3.68. The van der Waals surface area contributed by atoms with E-state index in [2.05, 4.69) is 64.7 Å². The monoisotopic (exact) mass is 245 g/mol. The van der Waals surface area contributed by atoms with E-state index in [1.54, 1.807) is 0 Å². The first-order chi connectivity index (χ1) is 8.36. The maximum atomic E-state index is 4.20. The molecule has 0 bridgehead atoms. The SMILES string of the molecule is C=C(NCc1ccc(C)cc1C)C(C)(C)CCC. The normalized spacial score (nSPS) is 11.4. The predicted octanol–water partition coefficient (Wildman–Crippen LogP) is 4.73. The van der Waals surface area contributed by atoms with E-state index in [9.17, 15) is 0 Å². The van der Waals surface area contributed by atoms with Crippen LogP contribution in [0.5, 0.6) is 0 Å². The Bertz CT molecular complexity index is 416. The molecule has 0 saturated heterocycles. The molecule has 0 unspecified atom stereocenters. The summed E-state index contributed by atoms with van der Waals surface area (Å²) < 4.78 is 0. The van der Waals surface area contributed by atoms with E-state index in [0.717, 1.165) is 12.2 Å². The van der Waals surface area contributed by atoms with E-state index in [-0.39, 0.29) is 5.41 Å². The van der Waals surface area contributed by atoms with E-state index in [1.807, 2.05) is 0 Å². The van der Waals surface area contributed by atoms with Crippen molar-refractivity contribution >= 4 is 0 Å². The molecular formula is C17H27N. The molecule has 0 radical (unpaired) electrons. The quantitative estimate of drug-likeness (QED) is 0.763. The molecule has 1 aromatic rings. The van der Waals surface area contributed by atoms with Crippen LogP contribution >= 0.6 is 0 Å². The number of aryl methyl sites for hydroxylation is 2. The highest BCUT2D eigenvalue weighted by molar-refractivity contribution is 5.30. The summed E-state index contributed by atoms with van der Waals surface area (Å²) in [6.07, 6.45) is 2.36. The zero-order chi connectivity index (χ0) is 13.8. The molecule has 0 amide bonds. The van der Waals surface area contributed by atoms with Crippen molar-refractivity contribution < 1.29 is 0 Å². The van der Waals surface area contributed by atoms with Crippen LogP contribution in [0.1, 0.15) is 50.3 Å². The first-order valence-electron chi connectivity index (χ1n) is 6.86. The predicted molar refractivity (Wildman–Crippen MR) is 80.6 cm³/mol. The molecular weight excluding hydrogens is 218 g/mol. The third kappa shape index (κ3) is 3.90. The van der Waals surface area contributed by atoms with Gasteiger partial charge in [0.2, 0.25) is 0 Å². The maximum Gasteiger partial charge on any atom is 0.0400 e. The zero-order valence-corrected chi connectivity index (χ0v) is 12.6. The lowest BCUT2D eigenvalue weighted by molar-refractivity contribution is 0.376. The number of hydrogen-bond donors (Lipinski definition) is 1. The average molecular weight is 245 g/mol. The fraction of sp³-hybridized carbons (Fsp3) is 0.529. The van der Waals surface area contributed by atoms with Crippen molar-refractivity contribution in [3.63, 3.8) is 0 Å². The van der Waals surface area contributed by atoms with Gasteiger partial charge in [-0.3, -0.25) is 0 Å². The van der Waals surface area contributed by atoms with E-state index >= 15 is 0 Å². The van der Waals surface area contributed by atoms with Crippen molar-refractivity contribution in [2.75, 3.05) is 0 Å². The third-order valence-electron chi connectivity index (χ3n) is 3.68. The minimum Gasteiger partial charge on any atom is -0.384 e. The summed E-state index contributed by atoms with van der Waals surface area (Å²) in [5, 5.41) is 3.49. The first kappa shape index (κ1) is 14.8. The van der Waals surface area contributed by atoms with Gasteiger partial charge in [-0.05, 0) is 31.4 Å². The summed E-state index contributed by atoms with van der Waals surface area (Å²) in [5.41, 5.74) is 5.34. The molecule has 0 atom stereocenters. The molecule has 18 heavy (non-hydrogen) atoms. The minimum absolute atomic E-state index is 0.174. The Hall–Kier alpha value is -1.24. The van der Waals surface area contributed by atoms with Crippen LogP contribution in [0.4, 0.5) is 0 Å². The largest absolute Gasteiger partial charge is 0.384 e. The van der Waals surface area contributed by atoms with Crippen LogP contribution in [0.15, 0.2) is 30.5 Å². The molecule has 0 saturated carbocycles. The van der Waals surface area contributed by atoms with Crippen LogP contribution in [0.25, 0.3) is 0 Å². The highest BCUT2D eigenvalue weighted by atomic mass is 14.9. The van der Waals surface area contributed by atoms with E-state index in [4.69, 9.17) is 0 Å². The Morgan fingerprint density at radius 3 is 2.50 bits per heavy atom. The molecule has 0 aromatic heterocycles. The highest BCUT2D eigenvalue weighted by Gasteiger charge is 2.20. The number of rotatable bonds is 6. The van der Waals surface area contributed by atoms with Gasteiger partial charge in [-0.15, -0.1) is 0 Å². The molecule has 1 rings (SSSR count). The summed E-state index contributed by atoms with van der Waals surface area (Å²) in [6.45, 7) is 16.1. The summed E-state index contributed by atoms with van der Waals surface area (Å²) >= 11 is 0. The minimum atomic E-state index is 0.174. The fourth-order valence-corrected chi connectivity index (χ4v) is 2.26. The smallest absolute Gasteiger partial charge is 0.0400 e. The van der Waals surface area contributed by atoms with Crippen LogP contribution in [0.3, 0.4) is 0 Å². The first-order valence-corrected chi connectivity index (χ1v) is 6.86. The summed E-state index contributed by atoms with van der Waals surface area (Å²) in [7, 11) is 0. The van der Waals surface area contributed by atoms with Crippen molar-refractivity contribution in [3.05, 3.63) is 47.2 Å². The van der Waals surface area contributed by atoms with Gasteiger partial charge in [0.25, 0.3) is 0 Å². The summed E-state index contributed by atoms with van der Waals surface area (Å²) in [4.78, 5) is 0. The zero-order valence-electron chi connectivity index (χ0n) is 12.6. The van der Waals surface area contributed by atoms with Gasteiger partial charge in [0, 0.05) is 17.7 Å². The molecule has 0 fully saturated rings. The van der Waals surface area contributed by atoms with E-state index in [1.165, 1.54) is 29.5 Å². The Balaban J connectivity index is 2.62. The molecule has 1 nitrogen and oxygen atoms in total. The Morgan fingerprint density at radius 2 is 1.94 bits per heavy atom. The van der Waals surface area contributed by atoms with Crippen molar-refractivity contribution in [2.45, 2.75) is 54.0 Å². The molecule has 1 aromatic carbocycles. The lowest BCUT2D eigenvalue weighted by Gasteiger charge is -2.28. The summed E-state index contributed by atoms with van der Waals surface area (Å²) in [6, 6.07) is 6.61. The number of nitrogens with one attached hydrogen (secondary N) is 1.